The molecule has 7 nitrogen and oxygen atoms in total. The van der Waals surface area contributed by atoms with Crippen LogP contribution in [0, 0.1) is 0 Å². The van der Waals surface area contributed by atoms with E-state index in [4.69, 9.17) is 31.3 Å². The Morgan fingerprint density at radius 3 is 2.38 bits per heavy atom. The van der Waals surface area contributed by atoms with Gasteiger partial charge in [-0.2, -0.15) is 0 Å². The molecule has 32 heavy (non-hydrogen) atoms. The molecule has 0 saturated carbocycles. The summed E-state index contributed by atoms with van der Waals surface area (Å²) in [7, 11) is 1.66. The number of ether oxygens (including phenoxy) is 1. The topological polar surface area (TPSA) is 74.8 Å². The van der Waals surface area contributed by atoms with Gasteiger partial charge in [0.05, 0.1) is 11.0 Å². The Bertz CT molecular complexity index is 1510. The maximum atomic E-state index is 13.7. The first kappa shape index (κ1) is 20.6. The largest absolute Gasteiger partial charge is 0.385 e. The predicted molar refractivity (Wildman–Crippen MR) is 127 cm³/mol. The van der Waals surface area contributed by atoms with E-state index in [1.54, 1.807) is 11.7 Å². The monoisotopic (exact) mass is 447 g/mol. The molecule has 8 heteroatoms. The molecular formula is C24H22ClN5O2. The van der Waals surface area contributed by atoms with Gasteiger partial charge in [0.2, 0.25) is 0 Å². The van der Waals surface area contributed by atoms with E-state index in [9.17, 15) is 4.79 Å². The van der Waals surface area contributed by atoms with Crippen molar-refractivity contribution in [3.8, 4) is 5.69 Å². The molecule has 0 saturated heterocycles. The fraction of sp³-hybridized carbons (Fsp3) is 0.250. The lowest BCUT2D eigenvalue weighted by Crippen LogP contribution is -2.26. The zero-order valence-corrected chi connectivity index (χ0v) is 18.6. The zero-order chi connectivity index (χ0) is 22.2. The number of fused-ring (bicyclic) bond motifs is 4. The number of halogens is 1. The van der Waals surface area contributed by atoms with Crippen molar-refractivity contribution >= 4 is 44.8 Å². The van der Waals surface area contributed by atoms with Crippen molar-refractivity contribution in [2.24, 2.45) is 0 Å². The SMILES string of the molecule is CCc1nc2c(c(=O)n1CCCOC)c1nc3ccccc3nc1n2-c1ccc(Cl)cc1. The average molecular weight is 448 g/mol. The van der Waals surface area contributed by atoms with E-state index in [2.05, 4.69) is 0 Å². The number of hydrogen-bond acceptors (Lipinski definition) is 5. The van der Waals surface area contributed by atoms with Crippen LogP contribution in [-0.4, -0.2) is 37.8 Å². The molecule has 5 aromatic rings. The van der Waals surface area contributed by atoms with Crippen molar-refractivity contribution in [1.82, 2.24) is 24.1 Å². The van der Waals surface area contributed by atoms with E-state index in [0.29, 0.717) is 46.8 Å². The van der Waals surface area contributed by atoms with Crippen LogP contribution in [0.5, 0.6) is 0 Å². The summed E-state index contributed by atoms with van der Waals surface area (Å²) >= 11 is 6.13. The van der Waals surface area contributed by atoms with Crippen LogP contribution in [-0.2, 0) is 17.7 Å². The maximum absolute atomic E-state index is 13.7. The molecule has 0 amide bonds. The van der Waals surface area contributed by atoms with E-state index >= 15 is 0 Å². The van der Waals surface area contributed by atoms with Gasteiger partial charge >= 0.3 is 0 Å². The Morgan fingerprint density at radius 2 is 1.69 bits per heavy atom. The second-order valence-corrected chi connectivity index (χ2v) is 8.02. The molecule has 3 heterocycles. The highest BCUT2D eigenvalue weighted by Gasteiger charge is 2.22. The summed E-state index contributed by atoms with van der Waals surface area (Å²) in [5, 5.41) is 1.11. The van der Waals surface area contributed by atoms with Gasteiger partial charge in [-0.3, -0.25) is 13.9 Å². The number of nitrogens with zero attached hydrogens (tertiary/aromatic N) is 5. The molecule has 0 unspecified atom stereocenters. The molecule has 0 bridgehead atoms. The van der Waals surface area contributed by atoms with Crippen LogP contribution in [0.2, 0.25) is 5.02 Å². The fourth-order valence-corrected chi connectivity index (χ4v) is 4.20. The van der Waals surface area contributed by atoms with Gasteiger partial charge in [0.1, 0.15) is 16.7 Å². The second-order valence-electron chi connectivity index (χ2n) is 7.58. The van der Waals surface area contributed by atoms with E-state index < -0.39 is 0 Å². The first-order valence-corrected chi connectivity index (χ1v) is 11.0. The van der Waals surface area contributed by atoms with Crippen molar-refractivity contribution in [2.45, 2.75) is 26.3 Å². The quantitative estimate of drug-likeness (QED) is 0.357. The molecule has 0 N–H and O–H groups in total. The minimum Gasteiger partial charge on any atom is -0.385 e. The van der Waals surface area contributed by atoms with E-state index in [1.165, 1.54) is 0 Å². The van der Waals surface area contributed by atoms with Gasteiger partial charge in [0, 0.05) is 37.4 Å². The number of methoxy groups -OCH3 is 1. The van der Waals surface area contributed by atoms with Crippen molar-refractivity contribution in [2.75, 3.05) is 13.7 Å². The smallest absolute Gasteiger partial charge is 0.265 e. The van der Waals surface area contributed by atoms with Crippen LogP contribution in [0.1, 0.15) is 19.2 Å². The van der Waals surface area contributed by atoms with Crippen LogP contribution >= 0.6 is 11.6 Å². The highest BCUT2D eigenvalue weighted by atomic mass is 35.5. The molecular weight excluding hydrogens is 426 g/mol. The Labute approximate surface area is 189 Å². The molecule has 162 valence electrons. The van der Waals surface area contributed by atoms with Crippen LogP contribution in [0.25, 0.3) is 38.9 Å². The third-order valence-corrected chi connectivity index (χ3v) is 5.82. The Kier molecular flexibility index (Phi) is 5.36. The maximum Gasteiger partial charge on any atom is 0.265 e. The van der Waals surface area contributed by atoms with Gasteiger partial charge in [-0.1, -0.05) is 30.7 Å². The molecule has 0 aliphatic carbocycles. The Morgan fingerprint density at radius 1 is 0.969 bits per heavy atom. The van der Waals surface area contributed by atoms with Gasteiger partial charge < -0.3 is 4.74 Å². The number of aromatic nitrogens is 5. The molecule has 3 aromatic heterocycles. The number of benzene rings is 2. The second kappa shape index (κ2) is 8.33. The summed E-state index contributed by atoms with van der Waals surface area (Å²) in [6.07, 6.45) is 1.35. The number of rotatable bonds is 6. The molecule has 0 spiro atoms. The molecule has 2 aromatic carbocycles. The van der Waals surface area contributed by atoms with Crippen LogP contribution in [0.3, 0.4) is 0 Å². The molecule has 0 aliphatic rings. The lowest BCUT2D eigenvalue weighted by molar-refractivity contribution is 0.189. The van der Waals surface area contributed by atoms with E-state index in [0.717, 1.165) is 29.0 Å². The summed E-state index contributed by atoms with van der Waals surface area (Å²) in [6, 6.07) is 15.1. The summed E-state index contributed by atoms with van der Waals surface area (Å²) in [5.74, 6) is 0.723. The van der Waals surface area contributed by atoms with Gasteiger partial charge in [-0.25, -0.2) is 15.0 Å². The van der Waals surface area contributed by atoms with Gasteiger partial charge in [0.25, 0.3) is 5.56 Å². The minimum absolute atomic E-state index is 0.106. The minimum atomic E-state index is -0.106. The third-order valence-electron chi connectivity index (χ3n) is 5.57. The highest BCUT2D eigenvalue weighted by Crippen LogP contribution is 2.29. The van der Waals surface area contributed by atoms with Crippen LogP contribution < -0.4 is 5.56 Å². The van der Waals surface area contributed by atoms with Crippen molar-refractivity contribution in [3.63, 3.8) is 0 Å². The van der Waals surface area contributed by atoms with Crippen molar-refractivity contribution < 1.29 is 4.74 Å². The first-order valence-electron chi connectivity index (χ1n) is 10.6. The van der Waals surface area contributed by atoms with Crippen molar-refractivity contribution in [1.29, 1.82) is 0 Å². The van der Waals surface area contributed by atoms with Crippen LogP contribution in [0.15, 0.2) is 53.3 Å². The number of para-hydroxylation sites is 2. The zero-order valence-electron chi connectivity index (χ0n) is 17.9. The van der Waals surface area contributed by atoms with Crippen molar-refractivity contribution in [3.05, 3.63) is 69.7 Å². The highest BCUT2D eigenvalue weighted by molar-refractivity contribution is 6.30. The Balaban J connectivity index is 1.91. The molecule has 0 aliphatic heterocycles. The normalized spacial score (nSPS) is 11.7. The summed E-state index contributed by atoms with van der Waals surface area (Å²) < 4.78 is 8.82. The molecule has 0 radical (unpaired) electrons. The van der Waals surface area contributed by atoms with Crippen LogP contribution in [0.4, 0.5) is 0 Å². The predicted octanol–water partition coefficient (Wildman–Crippen LogP) is 4.54. The van der Waals surface area contributed by atoms with Gasteiger partial charge in [-0.05, 0) is 42.8 Å². The fourth-order valence-electron chi connectivity index (χ4n) is 4.07. The standard InChI is InChI=1S/C24H22ClN5O2/c1-3-19-28-22-20(24(31)29(19)13-6-14-32-2)21-23(27-18-8-5-4-7-17(18)26-21)30(22)16-11-9-15(25)10-12-16/h4-5,7-12H,3,6,13-14H2,1-2H3. The lowest BCUT2D eigenvalue weighted by Gasteiger charge is -2.12. The number of aryl methyl sites for hydroxylation is 1. The summed E-state index contributed by atoms with van der Waals surface area (Å²) in [4.78, 5) is 28.4. The Hall–Kier alpha value is -3.29. The van der Waals surface area contributed by atoms with Gasteiger partial charge in [-0.15, -0.1) is 0 Å². The number of hydrogen-bond donors (Lipinski definition) is 0. The summed E-state index contributed by atoms with van der Waals surface area (Å²) in [6.45, 7) is 3.11. The van der Waals surface area contributed by atoms with E-state index in [1.807, 2.05) is 60.0 Å². The molecule has 0 fully saturated rings. The molecule has 5 rings (SSSR count). The average Bonchev–Trinajstić information content (AvgIpc) is 3.12. The first-order chi connectivity index (χ1) is 15.6. The van der Waals surface area contributed by atoms with Gasteiger partial charge in [0.15, 0.2) is 11.3 Å². The third kappa shape index (κ3) is 3.34. The lowest BCUT2D eigenvalue weighted by atomic mass is 10.2. The van der Waals surface area contributed by atoms with E-state index in [-0.39, 0.29) is 5.56 Å². The summed E-state index contributed by atoms with van der Waals surface area (Å²) in [5.41, 5.74) is 3.92. The molecule has 0 atom stereocenters.